The lowest BCUT2D eigenvalue weighted by atomic mass is 10.1. The molecule has 2 heterocycles. The molecule has 0 aromatic heterocycles. The zero-order valence-corrected chi connectivity index (χ0v) is 17.1. The number of hydrogen-bond donors (Lipinski definition) is 0. The van der Waals surface area contributed by atoms with Crippen LogP contribution in [0.3, 0.4) is 0 Å². The molecule has 6 nitrogen and oxygen atoms in total. The fourth-order valence-corrected chi connectivity index (χ4v) is 4.86. The van der Waals surface area contributed by atoms with E-state index in [0.717, 1.165) is 28.3 Å². The summed E-state index contributed by atoms with van der Waals surface area (Å²) in [5.41, 5.74) is 2.57. The summed E-state index contributed by atoms with van der Waals surface area (Å²) in [4.78, 5) is 45.8. The van der Waals surface area contributed by atoms with E-state index >= 15 is 0 Å². The average Bonchev–Trinajstić information content (AvgIpc) is 3.23. The maximum atomic E-state index is 13.2. The summed E-state index contributed by atoms with van der Waals surface area (Å²) in [5, 5.41) is 0.615. The van der Waals surface area contributed by atoms with E-state index in [2.05, 4.69) is 4.99 Å². The molecule has 4 rings (SSSR count). The van der Waals surface area contributed by atoms with Crippen molar-refractivity contribution in [3.8, 4) is 0 Å². The molecule has 0 N–H and O–H groups in total. The second-order valence-corrected chi connectivity index (χ2v) is 8.10. The van der Waals surface area contributed by atoms with Crippen LogP contribution in [0.15, 0.2) is 53.5 Å². The van der Waals surface area contributed by atoms with Crippen molar-refractivity contribution in [2.45, 2.75) is 26.3 Å². The van der Waals surface area contributed by atoms with Gasteiger partial charge < -0.3 is 0 Å². The smallest absolute Gasteiger partial charge is 0.262 e. The second-order valence-electron chi connectivity index (χ2n) is 7.11. The first-order chi connectivity index (χ1) is 14.0. The number of imide groups is 1. The van der Waals surface area contributed by atoms with Gasteiger partial charge in [-0.3, -0.25) is 24.2 Å². The molecule has 29 heavy (non-hydrogen) atoms. The quantitative estimate of drug-likeness (QED) is 0.726. The summed E-state index contributed by atoms with van der Waals surface area (Å²) in [6.45, 7) is 3.73. The van der Waals surface area contributed by atoms with Crippen LogP contribution in [-0.4, -0.2) is 51.0 Å². The van der Waals surface area contributed by atoms with Crippen molar-refractivity contribution >= 4 is 40.3 Å². The topological polar surface area (TPSA) is 70.1 Å². The average molecular weight is 407 g/mol. The van der Waals surface area contributed by atoms with Gasteiger partial charge in [-0.1, -0.05) is 43.0 Å². The lowest BCUT2D eigenvalue weighted by Crippen LogP contribution is -2.46. The number of fused-ring (bicyclic) bond motifs is 1. The Morgan fingerprint density at radius 3 is 2.41 bits per heavy atom. The maximum Gasteiger partial charge on any atom is 0.262 e. The summed E-state index contributed by atoms with van der Waals surface area (Å²) in [5.74, 6) is -0.385. The van der Waals surface area contributed by atoms with Crippen LogP contribution < -0.4 is 0 Å². The largest absolute Gasteiger partial charge is 0.286 e. The molecule has 1 fully saturated rings. The van der Waals surface area contributed by atoms with Gasteiger partial charge in [-0.05, 0) is 43.2 Å². The van der Waals surface area contributed by atoms with Crippen LogP contribution in [0.2, 0.25) is 0 Å². The van der Waals surface area contributed by atoms with Crippen LogP contribution in [0, 0.1) is 6.92 Å². The zero-order chi connectivity index (χ0) is 20.5. The molecule has 0 radical (unpaired) electrons. The summed E-state index contributed by atoms with van der Waals surface area (Å²) < 4.78 is 0. The number of amides is 3. The summed E-state index contributed by atoms with van der Waals surface area (Å²) in [6, 6.07) is 14.4. The number of rotatable bonds is 4. The zero-order valence-electron chi connectivity index (χ0n) is 16.3. The third-order valence-electron chi connectivity index (χ3n) is 5.11. The fourth-order valence-electron chi connectivity index (χ4n) is 3.57. The number of thioether (sulfide) groups is 1. The molecular formula is C22H21N3O3S. The minimum absolute atomic E-state index is 0.00811. The van der Waals surface area contributed by atoms with Crippen LogP contribution in [0.25, 0.3) is 0 Å². The second kappa shape index (κ2) is 7.83. The molecule has 2 aromatic carbocycles. The van der Waals surface area contributed by atoms with E-state index in [4.69, 9.17) is 0 Å². The van der Waals surface area contributed by atoms with Crippen LogP contribution in [0.5, 0.6) is 0 Å². The van der Waals surface area contributed by atoms with E-state index in [9.17, 15) is 14.4 Å². The first-order valence-electron chi connectivity index (χ1n) is 9.55. The molecule has 3 amide bonds. The Bertz CT molecular complexity index is 998. The standard InChI is InChI=1S/C22H21N3O3S/c1-3-16-13-29-22(23-15-8-6-7-14(2)11-15)25(16)19(26)12-24-20(27)17-9-4-5-10-18(17)21(24)28/h4-11,16H,3,12-13H2,1-2H3/t16-/m1/s1. The third-order valence-corrected chi connectivity index (χ3v) is 6.21. The number of carbonyl (C=O) groups excluding carboxylic acids is 3. The minimum atomic E-state index is -0.420. The number of benzene rings is 2. The van der Waals surface area contributed by atoms with Crippen LogP contribution >= 0.6 is 11.8 Å². The van der Waals surface area contributed by atoms with E-state index in [0.29, 0.717) is 16.3 Å². The number of amidine groups is 1. The molecule has 0 bridgehead atoms. The Morgan fingerprint density at radius 2 is 1.79 bits per heavy atom. The van der Waals surface area contributed by atoms with Crippen molar-refractivity contribution in [3.63, 3.8) is 0 Å². The molecule has 0 saturated carbocycles. The number of aliphatic imine (C=N–C) groups is 1. The van der Waals surface area contributed by atoms with Crippen molar-refractivity contribution in [3.05, 3.63) is 65.2 Å². The van der Waals surface area contributed by atoms with Gasteiger partial charge in [0.2, 0.25) is 5.91 Å². The Hall–Kier alpha value is -2.93. The van der Waals surface area contributed by atoms with Crippen LogP contribution in [0.1, 0.15) is 39.6 Å². The molecule has 1 saturated heterocycles. The Kier molecular flexibility index (Phi) is 5.24. The highest BCUT2D eigenvalue weighted by molar-refractivity contribution is 8.14. The van der Waals surface area contributed by atoms with Gasteiger partial charge in [0.15, 0.2) is 5.17 Å². The highest BCUT2D eigenvalue weighted by atomic mass is 32.2. The Balaban J connectivity index is 1.59. The molecule has 2 aliphatic heterocycles. The first kappa shape index (κ1) is 19.4. The fraction of sp³-hybridized carbons (Fsp3) is 0.273. The van der Waals surface area contributed by atoms with E-state index < -0.39 is 11.8 Å². The van der Waals surface area contributed by atoms with Gasteiger partial charge in [0.1, 0.15) is 6.54 Å². The minimum Gasteiger partial charge on any atom is -0.286 e. The highest BCUT2D eigenvalue weighted by Gasteiger charge is 2.40. The van der Waals surface area contributed by atoms with Crippen molar-refractivity contribution in [1.82, 2.24) is 9.80 Å². The highest BCUT2D eigenvalue weighted by Crippen LogP contribution is 2.30. The molecule has 7 heteroatoms. The van der Waals surface area contributed by atoms with Gasteiger partial charge >= 0.3 is 0 Å². The van der Waals surface area contributed by atoms with E-state index in [1.54, 1.807) is 29.2 Å². The van der Waals surface area contributed by atoms with E-state index in [-0.39, 0.29) is 18.5 Å². The van der Waals surface area contributed by atoms with Crippen LogP contribution in [-0.2, 0) is 4.79 Å². The van der Waals surface area contributed by atoms with Crippen molar-refractivity contribution in [2.24, 2.45) is 4.99 Å². The predicted octanol–water partition coefficient (Wildman–Crippen LogP) is 3.63. The van der Waals surface area contributed by atoms with Crippen molar-refractivity contribution in [1.29, 1.82) is 0 Å². The Labute approximate surface area is 173 Å². The molecule has 1 atom stereocenters. The van der Waals surface area contributed by atoms with Crippen molar-refractivity contribution in [2.75, 3.05) is 12.3 Å². The molecule has 2 aliphatic rings. The lowest BCUT2D eigenvalue weighted by Gasteiger charge is -2.25. The van der Waals surface area contributed by atoms with Crippen LogP contribution in [0.4, 0.5) is 5.69 Å². The van der Waals surface area contributed by atoms with E-state index in [1.165, 1.54) is 11.8 Å². The molecular weight excluding hydrogens is 386 g/mol. The summed E-state index contributed by atoms with van der Waals surface area (Å²) >= 11 is 1.53. The van der Waals surface area contributed by atoms with Gasteiger partial charge in [-0.2, -0.15) is 0 Å². The Morgan fingerprint density at radius 1 is 1.10 bits per heavy atom. The number of nitrogens with zero attached hydrogens (tertiary/aromatic N) is 3. The number of hydrogen-bond acceptors (Lipinski definition) is 5. The van der Waals surface area contributed by atoms with Gasteiger partial charge in [0, 0.05) is 11.8 Å². The SMILES string of the molecule is CC[C@@H]1CSC(=Nc2cccc(C)c2)N1C(=O)CN1C(=O)c2ccccc2C1=O. The molecule has 0 unspecified atom stereocenters. The molecule has 0 aliphatic carbocycles. The third kappa shape index (κ3) is 3.58. The van der Waals surface area contributed by atoms with E-state index in [1.807, 2.05) is 38.1 Å². The molecule has 0 spiro atoms. The maximum absolute atomic E-state index is 13.2. The molecule has 148 valence electrons. The predicted molar refractivity (Wildman–Crippen MR) is 113 cm³/mol. The first-order valence-corrected chi connectivity index (χ1v) is 10.5. The van der Waals surface area contributed by atoms with Gasteiger partial charge in [-0.25, -0.2) is 4.99 Å². The van der Waals surface area contributed by atoms with Crippen molar-refractivity contribution < 1.29 is 14.4 Å². The normalized spacial score (nSPS) is 19.9. The summed E-state index contributed by atoms with van der Waals surface area (Å²) in [7, 11) is 0. The monoisotopic (exact) mass is 407 g/mol. The van der Waals surface area contributed by atoms with Gasteiger partial charge in [0.25, 0.3) is 11.8 Å². The number of aryl methyl sites for hydroxylation is 1. The summed E-state index contributed by atoms with van der Waals surface area (Å²) in [6.07, 6.45) is 0.772. The molecule has 2 aromatic rings. The lowest BCUT2D eigenvalue weighted by molar-refractivity contribution is -0.128. The number of carbonyl (C=O) groups is 3. The van der Waals surface area contributed by atoms with Gasteiger partial charge in [-0.15, -0.1) is 0 Å². The van der Waals surface area contributed by atoms with Gasteiger partial charge in [0.05, 0.1) is 16.8 Å².